The van der Waals surface area contributed by atoms with E-state index in [0.29, 0.717) is 16.8 Å². The maximum absolute atomic E-state index is 14.2. The summed E-state index contributed by atoms with van der Waals surface area (Å²) in [5.41, 5.74) is 3.57. The number of alkyl carbamates (subject to hydrolysis) is 1. The van der Waals surface area contributed by atoms with Gasteiger partial charge in [0.15, 0.2) is 0 Å². The molecule has 0 fully saturated rings. The average Bonchev–Trinajstić information content (AvgIpc) is 2.90. The smallest absolute Gasteiger partial charge is 0.408 e. The van der Waals surface area contributed by atoms with Crippen LogP contribution in [-0.4, -0.2) is 39.6 Å². The number of nitrogens with zero attached hydrogens (tertiary/aromatic N) is 1. The molecule has 8 nitrogen and oxygen atoms in total. The molecule has 0 aromatic heterocycles. The topological polar surface area (TPSA) is 108 Å². The minimum atomic E-state index is -1.20. The van der Waals surface area contributed by atoms with Gasteiger partial charge < -0.3 is 20.5 Å². The summed E-state index contributed by atoms with van der Waals surface area (Å²) in [7, 11) is 0. The van der Waals surface area contributed by atoms with Gasteiger partial charge in [-0.25, -0.2) is 4.79 Å². The van der Waals surface area contributed by atoms with Gasteiger partial charge in [0.1, 0.15) is 23.4 Å². The molecule has 2 atom stereocenters. The molecule has 41 heavy (non-hydrogen) atoms. The third kappa shape index (κ3) is 8.12. The van der Waals surface area contributed by atoms with Crippen molar-refractivity contribution in [2.24, 2.45) is 0 Å². The van der Waals surface area contributed by atoms with Crippen molar-refractivity contribution in [1.29, 1.82) is 0 Å². The second-order valence-corrected chi connectivity index (χ2v) is 10.9. The molecule has 0 saturated heterocycles. The molecule has 3 amide bonds. The quantitative estimate of drug-likeness (QED) is 0.249. The van der Waals surface area contributed by atoms with E-state index in [0.717, 1.165) is 21.6 Å². The van der Waals surface area contributed by atoms with Crippen molar-refractivity contribution in [2.75, 3.05) is 5.32 Å². The first-order chi connectivity index (χ1) is 19.3. The molecule has 3 aromatic carbocycles. The molecule has 2 unspecified atom stereocenters. The molecule has 0 saturated carbocycles. The van der Waals surface area contributed by atoms with Crippen molar-refractivity contribution >= 4 is 23.6 Å². The number of phenolic OH excluding ortho intramolecular Hbond substituents is 1. The van der Waals surface area contributed by atoms with Crippen molar-refractivity contribution in [3.8, 4) is 18.2 Å². The summed E-state index contributed by atoms with van der Waals surface area (Å²) in [6.45, 7) is 10.8. The normalized spacial score (nSPS) is 12.4. The van der Waals surface area contributed by atoms with E-state index >= 15 is 0 Å². The number of hydrogen-bond acceptors (Lipinski definition) is 5. The van der Waals surface area contributed by atoms with Crippen LogP contribution in [0.15, 0.2) is 66.7 Å². The first-order valence-corrected chi connectivity index (χ1v) is 13.3. The molecule has 3 rings (SSSR count). The van der Waals surface area contributed by atoms with Crippen LogP contribution in [0.3, 0.4) is 0 Å². The summed E-state index contributed by atoms with van der Waals surface area (Å²) in [6.07, 6.45) is 5.17. The largest absolute Gasteiger partial charge is 0.508 e. The molecule has 3 aromatic rings. The molecule has 0 aliphatic heterocycles. The van der Waals surface area contributed by atoms with Gasteiger partial charge in [-0.2, -0.15) is 0 Å². The predicted molar refractivity (Wildman–Crippen MR) is 159 cm³/mol. The monoisotopic (exact) mass is 555 g/mol. The first-order valence-electron chi connectivity index (χ1n) is 13.3. The SMILES string of the molecule is C#CN(C(=O)C(Cc1ccc(O)cc1)NC(=O)OC(C)(C)C)C(C(=O)Nc1ccccc1C)c1cccc(C)c1C. The highest BCUT2D eigenvalue weighted by Crippen LogP contribution is 2.29. The van der Waals surface area contributed by atoms with Crippen LogP contribution in [0.1, 0.15) is 54.6 Å². The van der Waals surface area contributed by atoms with Gasteiger partial charge in [-0.1, -0.05) is 55.0 Å². The third-order valence-electron chi connectivity index (χ3n) is 6.59. The van der Waals surface area contributed by atoms with Crippen LogP contribution in [0.2, 0.25) is 0 Å². The highest BCUT2D eigenvalue weighted by Gasteiger charge is 2.37. The molecule has 0 radical (unpaired) electrons. The van der Waals surface area contributed by atoms with E-state index in [4.69, 9.17) is 11.2 Å². The summed E-state index contributed by atoms with van der Waals surface area (Å²) >= 11 is 0. The summed E-state index contributed by atoms with van der Waals surface area (Å²) in [4.78, 5) is 41.9. The Bertz CT molecular complexity index is 1450. The number of aryl methyl sites for hydroxylation is 2. The number of anilines is 1. The van der Waals surface area contributed by atoms with Gasteiger partial charge >= 0.3 is 6.09 Å². The molecule has 8 heteroatoms. The van der Waals surface area contributed by atoms with Crippen LogP contribution in [0.5, 0.6) is 5.75 Å². The van der Waals surface area contributed by atoms with Crippen LogP contribution in [-0.2, 0) is 20.7 Å². The molecule has 0 spiro atoms. The predicted octanol–water partition coefficient (Wildman–Crippen LogP) is 5.55. The van der Waals surface area contributed by atoms with Gasteiger partial charge in [0.05, 0.1) is 0 Å². The standard InChI is InChI=1S/C33H37N3O5/c1-8-36(31(39)28(35-32(40)41-33(5,6)7)20-24-16-18-25(37)19-17-24)29(26-14-11-13-21(2)23(26)4)30(38)34-27-15-10-9-12-22(27)3/h1,9-19,28-29,37H,20H2,2-7H3,(H,34,38)(H,35,40). The van der Waals surface area contributed by atoms with Gasteiger partial charge in [0.25, 0.3) is 11.8 Å². The number of carbonyl (C=O) groups excluding carboxylic acids is 3. The van der Waals surface area contributed by atoms with Crippen molar-refractivity contribution in [3.05, 3.63) is 94.5 Å². The van der Waals surface area contributed by atoms with Gasteiger partial charge in [0.2, 0.25) is 0 Å². The van der Waals surface area contributed by atoms with E-state index < -0.39 is 35.6 Å². The fraction of sp³-hybridized carbons (Fsp3) is 0.303. The number of amides is 3. The number of carbonyl (C=O) groups is 3. The second-order valence-electron chi connectivity index (χ2n) is 10.9. The Morgan fingerprint density at radius 3 is 2.20 bits per heavy atom. The molecule has 0 bridgehead atoms. The van der Waals surface area contributed by atoms with Gasteiger partial charge in [-0.05, 0) is 87.6 Å². The van der Waals surface area contributed by atoms with Gasteiger partial charge in [0, 0.05) is 18.2 Å². The van der Waals surface area contributed by atoms with E-state index in [9.17, 15) is 19.5 Å². The Morgan fingerprint density at radius 1 is 0.951 bits per heavy atom. The number of nitrogens with one attached hydrogen (secondary N) is 2. The zero-order chi connectivity index (χ0) is 30.3. The number of phenols is 1. The molecule has 0 aliphatic carbocycles. The zero-order valence-corrected chi connectivity index (χ0v) is 24.3. The first kappa shape index (κ1) is 30.8. The lowest BCUT2D eigenvalue weighted by atomic mass is 9.94. The Hall–Kier alpha value is -4.77. The van der Waals surface area contributed by atoms with Gasteiger partial charge in [-0.3, -0.25) is 14.5 Å². The summed E-state index contributed by atoms with van der Waals surface area (Å²) in [5.74, 6) is -1.11. The fourth-order valence-corrected chi connectivity index (χ4v) is 4.33. The lowest BCUT2D eigenvalue weighted by Gasteiger charge is -2.31. The number of terminal acetylenes is 1. The maximum Gasteiger partial charge on any atom is 0.408 e. The fourth-order valence-electron chi connectivity index (χ4n) is 4.33. The second kappa shape index (κ2) is 13.1. The molecule has 0 heterocycles. The van der Waals surface area contributed by atoms with Crippen LogP contribution in [0, 0.1) is 33.2 Å². The maximum atomic E-state index is 14.2. The molecule has 3 N–H and O–H groups in total. The average molecular weight is 556 g/mol. The van der Waals surface area contributed by atoms with E-state index in [1.807, 2.05) is 39.0 Å². The highest BCUT2D eigenvalue weighted by atomic mass is 16.6. The third-order valence-corrected chi connectivity index (χ3v) is 6.59. The molecular formula is C33H37N3O5. The molecule has 0 aliphatic rings. The van der Waals surface area contributed by atoms with E-state index in [1.165, 1.54) is 12.1 Å². The zero-order valence-electron chi connectivity index (χ0n) is 24.3. The van der Waals surface area contributed by atoms with Gasteiger partial charge in [-0.15, -0.1) is 0 Å². The number of ether oxygens (including phenoxy) is 1. The lowest BCUT2D eigenvalue weighted by Crippen LogP contribution is -2.52. The summed E-state index contributed by atoms with van der Waals surface area (Å²) < 4.78 is 5.42. The van der Waals surface area contributed by atoms with Crippen LogP contribution in [0.25, 0.3) is 0 Å². The number of benzene rings is 3. The van der Waals surface area contributed by atoms with E-state index in [1.54, 1.807) is 57.2 Å². The van der Waals surface area contributed by atoms with Crippen molar-refractivity contribution in [3.63, 3.8) is 0 Å². The van der Waals surface area contributed by atoms with Crippen LogP contribution in [0.4, 0.5) is 10.5 Å². The van der Waals surface area contributed by atoms with E-state index in [-0.39, 0.29) is 12.2 Å². The Balaban J connectivity index is 2.06. The lowest BCUT2D eigenvalue weighted by molar-refractivity contribution is -0.136. The van der Waals surface area contributed by atoms with Crippen molar-refractivity contribution in [2.45, 2.75) is 65.6 Å². The highest BCUT2D eigenvalue weighted by molar-refractivity contribution is 6.00. The number of hydrogen-bond donors (Lipinski definition) is 3. The minimum absolute atomic E-state index is 0.0372. The Labute approximate surface area is 241 Å². The summed E-state index contributed by atoms with van der Waals surface area (Å²) in [6, 6.07) is 19.1. The van der Waals surface area contributed by atoms with Crippen molar-refractivity contribution in [1.82, 2.24) is 10.2 Å². The van der Waals surface area contributed by atoms with E-state index in [2.05, 4.69) is 16.7 Å². The number of aromatic hydroxyl groups is 1. The van der Waals surface area contributed by atoms with Crippen LogP contribution < -0.4 is 10.6 Å². The summed E-state index contributed by atoms with van der Waals surface area (Å²) in [5, 5.41) is 15.3. The Morgan fingerprint density at radius 2 is 1.59 bits per heavy atom. The Kier molecular flexibility index (Phi) is 9.80. The molecular weight excluding hydrogens is 518 g/mol. The number of para-hydroxylation sites is 1. The van der Waals surface area contributed by atoms with Crippen molar-refractivity contribution < 1.29 is 24.2 Å². The number of rotatable bonds is 8. The van der Waals surface area contributed by atoms with Crippen LogP contribution >= 0.6 is 0 Å². The molecule has 214 valence electrons. The minimum Gasteiger partial charge on any atom is -0.508 e.